The highest BCUT2D eigenvalue weighted by Crippen LogP contribution is 2.10. The number of hydrogen-bond acceptors (Lipinski definition) is 3. The van der Waals surface area contributed by atoms with Gasteiger partial charge in [-0.15, -0.1) is 0 Å². The van der Waals surface area contributed by atoms with Gasteiger partial charge in [-0.25, -0.2) is 4.98 Å². The van der Waals surface area contributed by atoms with Crippen molar-refractivity contribution in [1.29, 1.82) is 0 Å². The third-order valence-corrected chi connectivity index (χ3v) is 2.56. The smallest absolute Gasteiger partial charge is 0.146 e. The van der Waals surface area contributed by atoms with E-state index in [0.29, 0.717) is 11.2 Å². The Kier molecular flexibility index (Phi) is 3.88. The van der Waals surface area contributed by atoms with Crippen LogP contribution in [-0.2, 0) is 13.0 Å². The molecule has 2 aromatic rings. The molecule has 1 heterocycles. The Bertz CT molecular complexity index is 537. The highest BCUT2D eigenvalue weighted by molar-refractivity contribution is 7.71. The van der Waals surface area contributed by atoms with Crippen molar-refractivity contribution >= 4 is 12.2 Å². The summed E-state index contributed by atoms with van der Waals surface area (Å²) in [4.78, 5) is 7.43. The molecule has 2 rings (SSSR count). The van der Waals surface area contributed by atoms with Crippen LogP contribution in [0.15, 0.2) is 36.4 Å². The summed E-state index contributed by atoms with van der Waals surface area (Å²) in [5.41, 5.74) is 1.08. The summed E-state index contributed by atoms with van der Waals surface area (Å²) < 4.78 is 6.21. The van der Waals surface area contributed by atoms with Crippen molar-refractivity contribution in [2.75, 3.05) is 0 Å². The fourth-order valence-corrected chi connectivity index (χ4v) is 1.74. The van der Waals surface area contributed by atoms with E-state index in [4.69, 9.17) is 17.0 Å². The maximum atomic E-state index is 5.61. The van der Waals surface area contributed by atoms with Crippen molar-refractivity contribution in [3.63, 3.8) is 0 Å². The van der Waals surface area contributed by atoms with Gasteiger partial charge < -0.3 is 9.72 Å². The second-order valence-corrected chi connectivity index (χ2v) is 4.06. The topological polar surface area (TPSA) is 37.9 Å². The molecule has 0 unspecified atom stereocenters. The average Bonchev–Trinajstić information content (AvgIpc) is 2.37. The number of rotatable bonds is 4. The molecule has 0 aliphatic carbocycles. The van der Waals surface area contributed by atoms with Gasteiger partial charge in [0, 0.05) is 5.69 Å². The highest BCUT2D eigenvalue weighted by atomic mass is 32.1. The number of aromatic amines is 1. The Balaban J connectivity index is 2.09. The van der Waals surface area contributed by atoms with Crippen LogP contribution < -0.4 is 4.74 Å². The van der Waals surface area contributed by atoms with E-state index in [-0.39, 0.29) is 0 Å². The molecule has 1 aromatic heterocycles. The number of ether oxygens (including phenoxy) is 1. The Hall–Kier alpha value is -1.68. The van der Waals surface area contributed by atoms with E-state index < -0.39 is 0 Å². The maximum Gasteiger partial charge on any atom is 0.146 e. The SMILES string of the molecule is CCc1cc(=S)nc(COc2ccccc2)[nH]1. The first-order valence-electron chi connectivity index (χ1n) is 5.55. The first-order chi connectivity index (χ1) is 8.28. The fraction of sp³-hybridized carbons (Fsp3) is 0.231. The summed E-state index contributed by atoms with van der Waals surface area (Å²) in [6.45, 7) is 2.48. The van der Waals surface area contributed by atoms with Crippen LogP contribution in [0, 0.1) is 4.64 Å². The van der Waals surface area contributed by atoms with E-state index in [9.17, 15) is 0 Å². The summed E-state index contributed by atoms with van der Waals surface area (Å²) in [7, 11) is 0. The number of hydrogen-bond donors (Lipinski definition) is 1. The standard InChI is InChI=1S/C13H14N2OS/c1-2-10-8-13(17)15-12(14-10)9-16-11-6-4-3-5-7-11/h3-8H,2,9H2,1H3,(H,14,15,17). The molecule has 3 nitrogen and oxygen atoms in total. The molecule has 0 bridgehead atoms. The van der Waals surface area contributed by atoms with Crippen molar-refractivity contribution in [1.82, 2.24) is 9.97 Å². The zero-order valence-corrected chi connectivity index (χ0v) is 10.5. The fourth-order valence-electron chi connectivity index (χ4n) is 1.49. The molecule has 0 atom stereocenters. The Morgan fingerprint density at radius 3 is 2.76 bits per heavy atom. The molecule has 0 aliphatic heterocycles. The predicted molar refractivity (Wildman–Crippen MR) is 69.6 cm³/mol. The monoisotopic (exact) mass is 246 g/mol. The largest absolute Gasteiger partial charge is 0.486 e. The number of benzene rings is 1. The van der Waals surface area contributed by atoms with Crippen LogP contribution in [0.2, 0.25) is 0 Å². The number of nitrogens with one attached hydrogen (secondary N) is 1. The van der Waals surface area contributed by atoms with Crippen molar-refractivity contribution in [2.24, 2.45) is 0 Å². The van der Waals surface area contributed by atoms with Crippen LogP contribution in [0.25, 0.3) is 0 Å². The van der Waals surface area contributed by atoms with Crippen molar-refractivity contribution in [2.45, 2.75) is 20.0 Å². The second kappa shape index (κ2) is 5.59. The Morgan fingerprint density at radius 1 is 1.29 bits per heavy atom. The van der Waals surface area contributed by atoms with Gasteiger partial charge in [0.2, 0.25) is 0 Å². The maximum absolute atomic E-state index is 5.61. The molecule has 0 saturated carbocycles. The van der Waals surface area contributed by atoms with Gasteiger partial charge in [0.15, 0.2) is 0 Å². The molecule has 0 radical (unpaired) electrons. The molecule has 0 fully saturated rings. The minimum Gasteiger partial charge on any atom is -0.486 e. The molecule has 0 amide bonds. The summed E-state index contributed by atoms with van der Waals surface area (Å²) >= 11 is 5.10. The van der Waals surface area contributed by atoms with E-state index in [0.717, 1.165) is 23.7 Å². The molecule has 1 N–H and O–H groups in total. The van der Waals surface area contributed by atoms with Crippen LogP contribution >= 0.6 is 12.2 Å². The average molecular weight is 246 g/mol. The Morgan fingerprint density at radius 2 is 2.06 bits per heavy atom. The third kappa shape index (κ3) is 3.39. The first kappa shape index (κ1) is 11.8. The van der Waals surface area contributed by atoms with Gasteiger partial charge in [0.05, 0.1) is 0 Å². The highest BCUT2D eigenvalue weighted by Gasteiger charge is 1.99. The number of para-hydroxylation sites is 1. The van der Waals surface area contributed by atoms with Gasteiger partial charge in [-0.1, -0.05) is 37.3 Å². The van der Waals surface area contributed by atoms with Crippen molar-refractivity contribution in [3.8, 4) is 5.75 Å². The van der Waals surface area contributed by atoms with Crippen LogP contribution in [0.3, 0.4) is 0 Å². The molecule has 4 heteroatoms. The first-order valence-corrected chi connectivity index (χ1v) is 5.95. The van der Waals surface area contributed by atoms with Gasteiger partial charge in [-0.05, 0) is 24.6 Å². The number of aryl methyl sites for hydroxylation is 1. The Labute approximate surface area is 105 Å². The molecular weight excluding hydrogens is 232 g/mol. The minimum atomic E-state index is 0.404. The van der Waals surface area contributed by atoms with Gasteiger partial charge in [0.25, 0.3) is 0 Å². The van der Waals surface area contributed by atoms with Crippen molar-refractivity contribution in [3.05, 3.63) is 52.6 Å². The normalized spacial score (nSPS) is 10.2. The van der Waals surface area contributed by atoms with E-state index in [1.165, 1.54) is 0 Å². The second-order valence-electron chi connectivity index (χ2n) is 3.65. The lowest BCUT2D eigenvalue weighted by Crippen LogP contribution is -2.03. The van der Waals surface area contributed by atoms with Gasteiger partial charge in [-0.2, -0.15) is 0 Å². The third-order valence-electron chi connectivity index (χ3n) is 2.35. The molecular formula is C13H14N2OS. The molecule has 0 spiro atoms. The van der Waals surface area contributed by atoms with Gasteiger partial charge in [0.1, 0.15) is 22.8 Å². The molecule has 1 aromatic carbocycles. The zero-order chi connectivity index (χ0) is 12.1. The van der Waals surface area contributed by atoms with Crippen LogP contribution in [0.1, 0.15) is 18.4 Å². The van der Waals surface area contributed by atoms with Crippen LogP contribution in [-0.4, -0.2) is 9.97 Å². The summed E-state index contributed by atoms with van der Waals surface area (Å²) in [6.07, 6.45) is 0.907. The quantitative estimate of drug-likeness (QED) is 0.841. The summed E-state index contributed by atoms with van der Waals surface area (Å²) in [6, 6.07) is 11.5. The summed E-state index contributed by atoms with van der Waals surface area (Å²) in [5.74, 6) is 1.59. The number of aromatic nitrogens is 2. The lowest BCUT2D eigenvalue weighted by Gasteiger charge is -2.06. The van der Waals surface area contributed by atoms with Crippen LogP contribution in [0.5, 0.6) is 5.75 Å². The molecule has 0 aliphatic rings. The molecule has 17 heavy (non-hydrogen) atoms. The van der Waals surface area contributed by atoms with Gasteiger partial charge in [-0.3, -0.25) is 0 Å². The lowest BCUT2D eigenvalue weighted by atomic mass is 10.3. The number of H-pyrrole nitrogens is 1. The predicted octanol–water partition coefficient (Wildman–Crippen LogP) is 3.28. The number of nitrogens with zero attached hydrogens (tertiary/aromatic N) is 1. The summed E-state index contributed by atoms with van der Waals surface area (Å²) in [5, 5.41) is 0. The molecule has 88 valence electrons. The zero-order valence-electron chi connectivity index (χ0n) is 9.64. The molecule has 0 saturated heterocycles. The van der Waals surface area contributed by atoms with Gasteiger partial charge >= 0.3 is 0 Å². The van der Waals surface area contributed by atoms with E-state index in [1.54, 1.807) is 0 Å². The minimum absolute atomic E-state index is 0.404. The van der Waals surface area contributed by atoms with E-state index >= 15 is 0 Å². The van der Waals surface area contributed by atoms with E-state index in [2.05, 4.69) is 16.9 Å². The lowest BCUT2D eigenvalue weighted by molar-refractivity contribution is 0.295. The van der Waals surface area contributed by atoms with E-state index in [1.807, 2.05) is 36.4 Å². The van der Waals surface area contributed by atoms with Crippen LogP contribution in [0.4, 0.5) is 0 Å². The van der Waals surface area contributed by atoms with Crippen molar-refractivity contribution < 1.29 is 4.74 Å².